The van der Waals surface area contributed by atoms with Gasteiger partial charge < -0.3 is 18.5 Å². The second-order valence-electron chi connectivity index (χ2n) is 21.4. The lowest BCUT2D eigenvalue weighted by atomic mass is 9.43. The maximum absolute atomic E-state index is 7.25. The van der Waals surface area contributed by atoms with E-state index in [1.54, 1.807) is 0 Å². The molecule has 6 heteroatoms. The molecular weight excluding hydrogens is 856 g/mol. The van der Waals surface area contributed by atoms with Crippen LogP contribution < -0.4 is 41.4 Å². The summed E-state index contributed by atoms with van der Waals surface area (Å²) in [4.78, 5) is 5.36. The van der Waals surface area contributed by atoms with Gasteiger partial charge in [-0.25, -0.2) is 0 Å². The molecule has 0 saturated heterocycles. The number of hydrogen-bond acceptors (Lipinski definition) is 4. The van der Waals surface area contributed by atoms with E-state index in [2.05, 4.69) is 226 Å². The molecule has 0 spiro atoms. The molecule has 0 N–H and O–H groups in total. The molecule has 0 radical (unpaired) electrons. The summed E-state index contributed by atoms with van der Waals surface area (Å²) in [5, 5.41) is 10.1. The van der Waals surface area contributed by atoms with Gasteiger partial charge in [0, 0.05) is 67.2 Å². The van der Waals surface area contributed by atoms with Crippen molar-refractivity contribution in [2.24, 2.45) is 0 Å². The van der Waals surface area contributed by atoms with Gasteiger partial charge in [-0.1, -0.05) is 173 Å². The number of hydrogen-bond donors (Lipinski definition) is 0. The third kappa shape index (κ3) is 5.04. The van der Waals surface area contributed by atoms with Gasteiger partial charge in [0.05, 0.1) is 0 Å². The largest absolute Gasteiger partial charge is 0.456 e. The van der Waals surface area contributed by atoms with Gasteiger partial charge in [-0.15, -0.1) is 0 Å². The van der Waals surface area contributed by atoms with Crippen LogP contribution in [0.4, 0.5) is 28.4 Å². The quantitative estimate of drug-likeness (QED) is 0.165. The molecule has 11 aromatic rings. The molecule has 4 nitrogen and oxygen atoms in total. The van der Waals surface area contributed by atoms with Gasteiger partial charge in [-0.3, -0.25) is 0 Å². The first-order valence-electron chi connectivity index (χ1n) is 24.7. The number of benzene rings is 9. The van der Waals surface area contributed by atoms with E-state index in [9.17, 15) is 0 Å². The van der Waals surface area contributed by atoms with Gasteiger partial charge in [-0.2, -0.15) is 0 Å². The van der Waals surface area contributed by atoms with E-state index in [0.717, 1.165) is 56.0 Å². The molecule has 1 aliphatic carbocycles. The van der Waals surface area contributed by atoms with E-state index in [4.69, 9.17) is 8.83 Å². The summed E-state index contributed by atoms with van der Waals surface area (Å²) in [5.41, 5.74) is 18.9. The molecule has 9 aromatic carbocycles. The number of rotatable bonds is 3. The lowest BCUT2D eigenvalue weighted by molar-refractivity contribution is 0.332. The summed E-state index contributed by atoms with van der Waals surface area (Å²) >= 11 is 0. The van der Waals surface area contributed by atoms with Crippen molar-refractivity contribution in [1.82, 2.24) is 0 Å². The van der Waals surface area contributed by atoms with Crippen LogP contribution in [0.15, 0.2) is 191 Å². The van der Waals surface area contributed by atoms with Crippen LogP contribution in [0.5, 0.6) is 0 Å². The molecule has 15 rings (SSSR count). The number of fused-ring (bicyclic) bond motifs is 14. The van der Waals surface area contributed by atoms with Crippen LogP contribution in [0, 0.1) is 6.92 Å². The molecule has 69 heavy (non-hydrogen) atoms. The third-order valence-electron chi connectivity index (χ3n) is 16.9. The van der Waals surface area contributed by atoms with Crippen molar-refractivity contribution in [2.45, 2.75) is 58.3 Å². The Morgan fingerprint density at radius 1 is 0.493 bits per heavy atom. The zero-order valence-electron chi connectivity index (χ0n) is 39.5. The van der Waals surface area contributed by atoms with Crippen molar-refractivity contribution in [3.8, 4) is 11.1 Å². The monoisotopic (exact) mass is 904 g/mol. The fraction of sp³-hybridized carbons (Fsp3) is 0.143. The summed E-state index contributed by atoms with van der Waals surface area (Å²) in [6.07, 6.45) is 2.31. The molecule has 0 fully saturated rings. The van der Waals surface area contributed by atoms with Crippen LogP contribution in [0.1, 0.15) is 57.2 Å². The zero-order chi connectivity index (χ0) is 46.1. The first-order valence-corrected chi connectivity index (χ1v) is 26.7. The summed E-state index contributed by atoms with van der Waals surface area (Å²) in [7, 11) is -2.96. The van der Waals surface area contributed by atoms with Crippen molar-refractivity contribution in [2.75, 3.05) is 9.71 Å². The summed E-state index contributed by atoms with van der Waals surface area (Å²) in [5.74, 6) is 0. The highest BCUT2D eigenvalue weighted by atomic mass is 28.3. The molecule has 4 aliphatic rings. The maximum atomic E-state index is 7.25. The number of anilines is 5. The normalized spacial score (nSPS) is 16.6. The minimum atomic E-state index is -2.96. The van der Waals surface area contributed by atoms with E-state index >= 15 is 0 Å². The average Bonchev–Trinajstić information content (AvgIpc) is 3.94. The Kier molecular flexibility index (Phi) is 7.77. The van der Waals surface area contributed by atoms with Gasteiger partial charge in [0.2, 0.25) is 0 Å². The van der Waals surface area contributed by atoms with Crippen LogP contribution in [-0.4, -0.2) is 14.9 Å². The highest BCUT2D eigenvalue weighted by molar-refractivity contribution is 7.22. The molecule has 0 atom stereocenters. The fourth-order valence-electron chi connectivity index (χ4n) is 13.5. The lowest BCUT2D eigenvalue weighted by Crippen LogP contribution is -2.79. The van der Waals surface area contributed by atoms with Crippen LogP contribution in [0.3, 0.4) is 0 Å². The van der Waals surface area contributed by atoms with Gasteiger partial charge in [0.25, 0.3) is 0 Å². The van der Waals surface area contributed by atoms with Crippen molar-refractivity contribution in [3.63, 3.8) is 0 Å². The molecular formula is C63H49BN2O2Si. The van der Waals surface area contributed by atoms with E-state index in [-0.39, 0.29) is 17.7 Å². The Bertz CT molecular complexity index is 3980. The van der Waals surface area contributed by atoms with Crippen LogP contribution >= 0.6 is 0 Å². The minimum absolute atomic E-state index is 0.0159. The maximum Gasteiger partial charge on any atom is 0.333 e. The van der Waals surface area contributed by atoms with Crippen molar-refractivity contribution < 1.29 is 8.83 Å². The Morgan fingerprint density at radius 3 is 1.83 bits per heavy atom. The first kappa shape index (κ1) is 39.5. The first-order chi connectivity index (χ1) is 33.6. The number of furan rings is 2. The van der Waals surface area contributed by atoms with Crippen molar-refractivity contribution >= 4 is 119 Å². The Labute approximate surface area is 403 Å². The fourth-order valence-corrected chi connectivity index (χ4v) is 18.7. The molecule has 0 saturated carbocycles. The van der Waals surface area contributed by atoms with Gasteiger partial charge in [0.1, 0.15) is 22.3 Å². The standard InChI is InChI=1S/C63H49BN2O2Si/c1-38-33-46-47(63(4,5)32-31-62(46,2)3)36-50(38)65-51-37-55-44(41-23-12-15-27-53(41)67-55)34-48(51)64-59-52(65)35-45-42-24-13-16-28-54(42)68-61(45)58(59)43-25-18-30-57-60(43)66(64)49-26-14-17-29-56(49)69(57,39-19-8-6-9-20-39)40-21-10-7-11-22-40/h6-30,33-37H,31-32H2,1-5H3. The molecule has 0 unspecified atom stereocenters. The lowest BCUT2D eigenvalue weighted by Gasteiger charge is -2.52. The molecule has 3 aliphatic heterocycles. The highest BCUT2D eigenvalue weighted by Crippen LogP contribution is 2.54. The number of para-hydroxylation sites is 4. The number of aryl methyl sites for hydroxylation is 1. The second-order valence-corrected chi connectivity index (χ2v) is 25.2. The Balaban J connectivity index is 1.15. The van der Waals surface area contributed by atoms with E-state index in [1.807, 2.05) is 0 Å². The van der Waals surface area contributed by atoms with Crippen molar-refractivity contribution in [1.29, 1.82) is 0 Å². The summed E-state index contributed by atoms with van der Waals surface area (Å²) < 4.78 is 14.1. The van der Waals surface area contributed by atoms with Crippen LogP contribution in [0.2, 0.25) is 0 Å². The molecule has 330 valence electrons. The molecule has 5 heterocycles. The smallest absolute Gasteiger partial charge is 0.333 e. The Morgan fingerprint density at radius 2 is 1.10 bits per heavy atom. The van der Waals surface area contributed by atoms with E-state index < -0.39 is 8.07 Å². The van der Waals surface area contributed by atoms with Crippen LogP contribution in [-0.2, 0) is 10.8 Å². The topological polar surface area (TPSA) is 32.8 Å². The molecule has 2 aromatic heterocycles. The Hall–Kier alpha value is -7.54. The second kappa shape index (κ2) is 13.6. The summed E-state index contributed by atoms with van der Waals surface area (Å²) in [6.45, 7) is 11.9. The minimum Gasteiger partial charge on any atom is -0.456 e. The molecule has 0 bridgehead atoms. The predicted octanol–water partition coefficient (Wildman–Crippen LogP) is 12.5. The molecule has 0 amide bonds. The average molecular weight is 905 g/mol. The highest BCUT2D eigenvalue weighted by Gasteiger charge is 2.55. The zero-order valence-corrected chi connectivity index (χ0v) is 40.5. The summed E-state index contributed by atoms with van der Waals surface area (Å²) in [6, 6.07) is 68.9. The SMILES string of the molecule is Cc1cc2c(cc1N1c3cc4oc5ccccc5c4cc3B3c4c1cc1c(oc5ccccc51)c4-c1cccc4c1N3c1ccccc1[Si]4(c1ccccc1)c1ccccc1)C(C)(C)CCC2(C)C. The van der Waals surface area contributed by atoms with E-state index in [1.165, 1.54) is 88.7 Å². The van der Waals surface area contributed by atoms with Crippen LogP contribution in [0.25, 0.3) is 55.0 Å². The van der Waals surface area contributed by atoms with Crippen molar-refractivity contribution in [3.05, 3.63) is 199 Å². The van der Waals surface area contributed by atoms with Gasteiger partial charge in [-0.05, 0) is 109 Å². The van der Waals surface area contributed by atoms with E-state index in [0.29, 0.717) is 0 Å². The van der Waals surface area contributed by atoms with Gasteiger partial charge in [0.15, 0.2) is 8.07 Å². The number of nitrogens with zero attached hydrogens (tertiary/aromatic N) is 2. The van der Waals surface area contributed by atoms with Gasteiger partial charge >= 0.3 is 6.85 Å². The predicted molar refractivity (Wildman–Crippen MR) is 292 cm³/mol. The third-order valence-corrected chi connectivity index (χ3v) is 21.7.